The molecular weight excluding hydrogens is 484 g/mol. The standard InChI is InChI=1S/C38H76N2/c1-4-7-10-13-15-17-19-20-21-22-24-26-28-30-33-38-39(34-31-12-9-6-3)36-37-40(38)35-32-29-27-25-23-18-16-14-11-8-5-2/h36-38H,4-35H2,1-3H3. The minimum Gasteiger partial charge on any atom is -0.356 e. The third kappa shape index (κ3) is 22.0. The van der Waals surface area contributed by atoms with E-state index in [1.807, 2.05) is 0 Å². The van der Waals surface area contributed by atoms with Gasteiger partial charge in [0, 0.05) is 25.5 Å². The Bertz CT molecular complexity index is 516. The third-order valence-corrected chi connectivity index (χ3v) is 9.32. The molecule has 1 rings (SSSR count). The van der Waals surface area contributed by atoms with Crippen LogP contribution in [0.4, 0.5) is 0 Å². The van der Waals surface area contributed by atoms with E-state index in [0.29, 0.717) is 6.17 Å². The lowest BCUT2D eigenvalue weighted by Gasteiger charge is -2.33. The van der Waals surface area contributed by atoms with Gasteiger partial charge in [0.15, 0.2) is 0 Å². The third-order valence-electron chi connectivity index (χ3n) is 9.32. The van der Waals surface area contributed by atoms with Crippen LogP contribution < -0.4 is 0 Å². The zero-order chi connectivity index (χ0) is 28.8. The number of hydrogen-bond acceptors (Lipinski definition) is 2. The summed E-state index contributed by atoms with van der Waals surface area (Å²) in [6.45, 7) is 9.47. The van der Waals surface area contributed by atoms with Crippen LogP contribution in [0.5, 0.6) is 0 Å². The largest absolute Gasteiger partial charge is 0.356 e. The molecule has 2 nitrogen and oxygen atoms in total. The molecule has 0 amide bonds. The summed E-state index contributed by atoms with van der Waals surface area (Å²) in [5, 5.41) is 0. The zero-order valence-electron chi connectivity index (χ0n) is 28.3. The molecule has 0 aromatic rings. The number of nitrogens with zero attached hydrogens (tertiary/aromatic N) is 2. The van der Waals surface area contributed by atoms with Gasteiger partial charge >= 0.3 is 0 Å². The van der Waals surface area contributed by atoms with E-state index in [0.717, 1.165) is 0 Å². The van der Waals surface area contributed by atoms with Gasteiger partial charge in [-0.2, -0.15) is 0 Å². The van der Waals surface area contributed by atoms with Crippen molar-refractivity contribution in [3.05, 3.63) is 12.4 Å². The van der Waals surface area contributed by atoms with Crippen LogP contribution in [0.25, 0.3) is 0 Å². The second-order valence-electron chi connectivity index (χ2n) is 13.2. The highest BCUT2D eigenvalue weighted by Gasteiger charge is 2.24. The van der Waals surface area contributed by atoms with Crippen molar-refractivity contribution < 1.29 is 0 Å². The molecule has 0 fully saturated rings. The van der Waals surface area contributed by atoms with E-state index >= 15 is 0 Å². The fraction of sp³-hybridized carbons (Fsp3) is 0.947. The van der Waals surface area contributed by atoms with Crippen LogP contribution in [-0.4, -0.2) is 29.1 Å². The first-order valence-corrected chi connectivity index (χ1v) is 19.0. The van der Waals surface area contributed by atoms with E-state index in [-0.39, 0.29) is 0 Å². The fourth-order valence-corrected chi connectivity index (χ4v) is 6.54. The van der Waals surface area contributed by atoms with Crippen molar-refractivity contribution in [2.45, 2.75) is 220 Å². The summed E-state index contributed by atoms with van der Waals surface area (Å²) >= 11 is 0. The Morgan fingerprint density at radius 2 is 0.575 bits per heavy atom. The lowest BCUT2D eigenvalue weighted by Crippen LogP contribution is -2.39. The van der Waals surface area contributed by atoms with E-state index in [1.165, 1.54) is 206 Å². The normalized spacial score (nSPS) is 15.1. The SMILES string of the molecule is CCCCCCCCCCCCCCCCC1N(CCCCCC)C=CN1CCCCCCCCCCCCC. The van der Waals surface area contributed by atoms with Gasteiger partial charge in [-0.1, -0.05) is 188 Å². The Hall–Kier alpha value is -0.660. The minimum absolute atomic E-state index is 0.641. The van der Waals surface area contributed by atoms with Crippen LogP contribution in [0.15, 0.2) is 12.4 Å². The highest BCUT2D eigenvalue weighted by Crippen LogP contribution is 2.24. The number of hydrogen-bond donors (Lipinski definition) is 0. The summed E-state index contributed by atoms with van der Waals surface area (Å²) in [5.74, 6) is 0. The smallest absolute Gasteiger partial charge is 0.101 e. The molecule has 0 aromatic heterocycles. The van der Waals surface area contributed by atoms with Crippen molar-refractivity contribution in [2.24, 2.45) is 0 Å². The average Bonchev–Trinajstić information content (AvgIpc) is 3.35. The van der Waals surface area contributed by atoms with Crippen LogP contribution in [0.3, 0.4) is 0 Å². The molecule has 0 N–H and O–H groups in total. The van der Waals surface area contributed by atoms with Crippen molar-refractivity contribution in [1.29, 1.82) is 0 Å². The maximum atomic E-state index is 2.70. The quantitative estimate of drug-likeness (QED) is 0.0755. The summed E-state index contributed by atoms with van der Waals surface area (Å²) in [7, 11) is 0. The van der Waals surface area contributed by atoms with Gasteiger partial charge in [0.2, 0.25) is 0 Å². The molecular formula is C38H76N2. The Morgan fingerprint density at radius 3 is 0.900 bits per heavy atom. The van der Waals surface area contributed by atoms with Crippen molar-refractivity contribution in [2.75, 3.05) is 13.1 Å². The Kier molecular flexibility index (Phi) is 27.9. The average molecular weight is 561 g/mol. The molecule has 0 radical (unpaired) electrons. The molecule has 40 heavy (non-hydrogen) atoms. The monoisotopic (exact) mass is 561 g/mol. The van der Waals surface area contributed by atoms with E-state index in [2.05, 4.69) is 43.0 Å². The van der Waals surface area contributed by atoms with Crippen LogP contribution in [-0.2, 0) is 0 Å². The van der Waals surface area contributed by atoms with E-state index in [4.69, 9.17) is 0 Å². The van der Waals surface area contributed by atoms with E-state index < -0.39 is 0 Å². The molecule has 1 heterocycles. The molecule has 0 aliphatic carbocycles. The minimum atomic E-state index is 0.641. The molecule has 0 spiro atoms. The molecule has 0 saturated heterocycles. The van der Waals surface area contributed by atoms with Gasteiger partial charge in [0.25, 0.3) is 0 Å². The van der Waals surface area contributed by atoms with Crippen molar-refractivity contribution >= 4 is 0 Å². The lowest BCUT2D eigenvalue weighted by molar-refractivity contribution is 0.135. The van der Waals surface area contributed by atoms with Gasteiger partial charge in [0.05, 0.1) is 0 Å². The molecule has 238 valence electrons. The number of unbranched alkanes of at least 4 members (excludes halogenated alkanes) is 26. The first-order valence-electron chi connectivity index (χ1n) is 19.0. The van der Waals surface area contributed by atoms with Gasteiger partial charge < -0.3 is 9.80 Å². The summed E-state index contributed by atoms with van der Waals surface area (Å²) in [6, 6.07) is 0. The van der Waals surface area contributed by atoms with Gasteiger partial charge in [0.1, 0.15) is 6.17 Å². The maximum absolute atomic E-state index is 2.70. The first-order chi connectivity index (χ1) is 19.8. The molecule has 0 saturated carbocycles. The molecule has 1 atom stereocenters. The Labute approximate surface area is 254 Å². The topological polar surface area (TPSA) is 6.48 Å². The summed E-state index contributed by atoms with van der Waals surface area (Å²) in [5.41, 5.74) is 0. The maximum Gasteiger partial charge on any atom is 0.101 e. The summed E-state index contributed by atoms with van der Waals surface area (Å²) in [6.07, 6.45) is 48.5. The molecule has 2 heteroatoms. The molecule has 1 unspecified atom stereocenters. The molecule has 1 aliphatic rings. The van der Waals surface area contributed by atoms with Crippen molar-refractivity contribution in [3.63, 3.8) is 0 Å². The van der Waals surface area contributed by atoms with Gasteiger partial charge in [-0.05, 0) is 25.7 Å². The zero-order valence-corrected chi connectivity index (χ0v) is 28.3. The summed E-state index contributed by atoms with van der Waals surface area (Å²) < 4.78 is 0. The molecule has 1 aliphatic heterocycles. The molecule has 0 bridgehead atoms. The first kappa shape index (κ1) is 37.4. The van der Waals surface area contributed by atoms with Gasteiger partial charge in [-0.3, -0.25) is 0 Å². The van der Waals surface area contributed by atoms with Gasteiger partial charge in [-0.25, -0.2) is 0 Å². The van der Waals surface area contributed by atoms with Crippen LogP contribution in [0, 0.1) is 0 Å². The summed E-state index contributed by atoms with van der Waals surface area (Å²) in [4.78, 5) is 5.40. The predicted octanol–water partition coefficient (Wildman–Crippen LogP) is 13.2. The van der Waals surface area contributed by atoms with Crippen LogP contribution in [0.2, 0.25) is 0 Å². The fourth-order valence-electron chi connectivity index (χ4n) is 6.54. The van der Waals surface area contributed by atoms with Crippen LogP contribution in [0.1, 0.15) is 213 Å². The van der Waals surface area contributed by atoms with E-state index in [9.17, 15) is 0 Å². The number of rotatable bonds is 32. The second-order valence-corrected chi connectivity index (χ2v) is 13.2. The highest BCUT2D eigenvalue weighted by molar-refractivity contribution is 4.97. The molecule has 0 aromatic carbocycles. The lowest BCUT2D eigenvalue weighted by atomic mass is 10.0. The van der Waals surface area contributed by atoms with Gasteiger partial charge in [-0.15, -0.1) is 0 Å². The highest BCUT2D eigenvalue weighted by atomic mass is 15.4. The van der Waals surface area contributed by atoms with Crippen molar-refractivity contribution in [3.8, 4) is 0 Å². The predicted molar refractivity (Wildman–Crippen MR) is 182 cm³/mol. The van der Waals surface area contributed by atoms with Crippen molar-refractivity contribution in [1.82, 2.24) is 9.80 Å². The Balaban J connectivity index is 2.13. The Morgan fingerprint density at radius 1 is 0.325 bits per heavy atom. The second kappa shape index (κ2) is 29.8. The van der Waals surface area contributed by atoms with Crippen LogP contribution >= 0.6 is 0 Å². The van der Waals surface area contributed by atoms with E-state index in [1.54, 1.807) is 0 Å².